The van der Waals surface area contributed by atoms with Gasteiger partial charge in [0.05, 0.1) is 12.2 Å². The minimum absolute atomic E-state index is 0.0184. The number of likely N-dealkylation sites (tertiary alicyclic amines) is 1. The molecule has 2 aromatic rings. The Morgan fingerprint density at radius 1 is 1.14 bits per heavy atom. The quantitative estimate of drug-likeness (QED) is 0.829. The van der Waals surface area contributed by atoms with Gasteiger partial charge < -0.3 is 10.2 Å². The maximum atomic E-state index is 12.8. The normalized spacial score (nSPS) is 20.1. The van der Waals surface area contributed by atoms with E-state index in [0.29, 0.717) is 18.8 Å². The summed E-state index contributed by atoms with van der Waals surface area (Å²) in [5.74, 6) is 0.515. The van der Waals surface area contributed by atoms with Crippen LogP contribution in [0.1, 0.15) is 38.8 Å². The molecular weight excluding hydrogens is 360 g/mol. The number of rotatable bonds is 4. The molecule has 0 spiro atoms. The zero-order chi connectivity index (χ0) is 20.8. The second kappa shape index (κ2) is 6.96. The van der Waals surface area contributed by atoms with Gasteiger partial charge in [-0.3, -0.25) is 23.4 Å². The van der Waals surface area contributed by atoms with Crippen LogP contribution >= 0.6 is 0 Å². The average molecular weight is 388 g/mol. The van der Waals surface area contributed by atoms with Crippen molar-refractivity contribution in [1.82, 2.24) is 23.8 Å². The van der Waals surface area contributed by atoms with Gasteiger partial charge in [-0.1, -0.05) is 0 Å². The third-order valence-corrected chi connectivity index (χ3v) is 5.29. The summed E-state index contributed by atoms with van der Waals surface area (Å²) in [6, 6.07) is 1.27. The molecule has 2 atom stereocenters. The maximum absolute atomic E-state index is 12.8. The summed E-state index contributed by atoms with van der Waals surface area (Å²) in [4.78, 5) is 38.8. The Morgan fingerprint density at radius 3 is 2.39 bits per heavy atom. The van der Waals surface area contributed by atoms with Gasteiger partial charge in [-0.05, 0) is 20.8 Å². The molecule has 2 aromatic heterocycles. The fourth-order valence-electron chi connectivity index (χ4n) is 3.93. The first-order chi connectivity index (χ1) is 13.0. The van der Waals surface area contributed by atoms with Gasteiger partial charge in [0.15, 0.2) is 0 Å². The molecule has 0 bridgehead atoms. The van der Waals surface area contributed by atoms with Gasteiger partial charge in [0, 0.05) is 63.4 Å². The molecule has 1 amide bonds. The Kier molecular flexibility index (Phi) is 4.95. The van der Waals surface area contributed by atoms with Crippen molar-refractivity contribution in [3.05, 3.63) is 44.9 Å². The minimum Gasteiger partial charge on any atom is -0.371 e. The summed E-state index contributed by atoms with van der Waals surface area (Å²) in [5, 5.41) is 7.48. The third-order valence-electron chi connectivity index (χ3n) is 5.29. The van der Waals surface area contributed by atoms with Crippen molar-refractivity contribution in [1.29, 1.82) is 0 Å². The van der Waals surface area contributed by atoms with E-state index in [1.54, 1.807) is 17.9 Å². The molecule has 9 nitrogen and oxygen atoms in total. The van der Waals surface area contributed by atoms with Crippen molar-refractivity contribution in [3.63, 3.8) is 0 Å². The van der Waals surface area contributed by atoms with E-state index in [-0.39, 0.29) is 29.0 Å². The van der Waals surface area contributed by atoms with Crippen LogP contribution in [0.15, 0.2) is 28.0 Å². The van der Waals surface area contributed by atoms with Crippen molar-refractivity contribution in [2.45, 2.75) is 38.8 Å². The fourth-order valence-corrected chi connectivity index (χ4v) is 3.93. The molecule has 152 valence electrons. The molecule has 0 unspecified atom stereocenters. The number of hydrogen-bond acceptors (Lipinski definition) is 5. The van der Waals surface area contributed by atoms with Crippen molar-refractivity contribution < 1.29 is 4.79 Å². The lowest BCUT2D eigenvalue weighted by Gasteiger charge is -2.38. The Labute approximate surface area is 163 Å². The number of hydrogen-bond donors (Lipinski definition) is 1. The lowest BCUT2D eigenvalue weighted by atomic mass is 9.93. The van der Waals surface area contributed by atoms with Crippen LogP contribution < -0.4 is 16.6 Å². The number of aryl methyl sites for hydroxylation is 1. The Bertz CT molecular complexity index is 1010. The molecule has 3 heterocycles. The van der Waals surface area contributed by atoms with Gasteiger partial charge in [0.1, 0.15) is 5.82 Å². The summed E-state index contributed by atoms with van der Waals surface area (Å²) in [5.41, 5.74) is -0.110. The predicted octanol–water partition coefficient (Wildman–Crippen LogP) is 0.618. The Hall–Kier alpha value is -2.84. The molecular formula is C19H28N6O3. The summed E-state index contributed by atoms with van der Waals surface area (Å²) in [6.45, 7) is 6.52. The van der Waals surface area contributed by atoms with E-state index in [4.69, 9.17) is 0 Å². The molecule has 1 N–H and O–H groups in total. The Morgan fingerprint density at radius 2 is 1.82 bits per heavy atom. The molecule has 3 rings (SSSR count). The van der Waals surface area contributed by atoms with Crippen LogP contribution in [-0.2, 0) is 25.9 Å². The SMILES string of the molecule is Cn1cc([C@@H]2[C@@H](CNc3cc(=O)n(C)c(=O)n3C)CC(=O)N2C(C)(C)C)cn1. The van der Waals surface area contributed by atoms with Gasteiger partial charge in [-0.2, -0.15) is 5.10 Å². The minimum atomic E-state index is -0.391. The van der Waals surface area contributed by atoms with Crippen LogP contribution in [0.25, 0.3) is 0 Å². The van der Waals surface area contributed by atoms with Gasteiger partial charge in [-0.15, -0.1) is 0 Å². The molecule has 0 aromatic carbocycles. The highest BCUT2D eigenvalue weighted by molar-refractivity contribution is 5.80. The van der Waals surface area contributed by atoms with Crippen LogP contribution in [0.2, 0.25) is 0 Å². The van der Waals surface area contributed by atoms with E-state index in [9.17, 15) is 14.4 Å². The highest BCUT2D eigenvalue weighted by atomic mass is 16.2. The van der Waals surface area contributed by atoms with E-state index in [0.717, 1.165) is 10.1 Å². The smallest absolute Gasteiger partial charge is 0.332 e. The summed E-state index contributed by atoms with van der Waals surface area (Å²) in [6.07, 6.45) is 4.12. The highest BCUT2D eigenvalue weighted by Crippen LogP contribution is 2.42. The molecule has 0 radical (unpaired) electrons. The van der Waals surface area contributed by atoms with E-state index in [1.165, 1.54) is 17.7 Å². The number of carbonyl (C=O) groups is 1. The number of nitrogens with zero attached hydrogens (tertiary/aromatic N) is 5. The van der Waals surface area contributed by atoms with Gasteiger partial charge in [0.2, 0.25) is 5.91 Å². The van der Waals surface area contributed by atoms with Crippen LogP contribution in [-0.4, -0.2) is 41.8 Å². The number of amides is 1. The number of anilines is 1. The van der Waals surface area contributed by atoms with Crippen LogP contribution in [0.3, 0.4) is 0 Å². The Balaban J connectivity index is 1.91. The van der Waals surface area contributed by atoms with E-state index in [1.807, 2.05) is 38.9 Å². The monoisotopic (exact) mass is 388 g/mol. The molecule has 1 saturated heterocycles. The largest absolute Gasteiger partial charge is 0.371 e. The topological polar surface area (TPSA) is 94.2 Å². The fraction of sp³-hybridized carbons (Fsp3) is 0.579. The lowest BCUT2D eigenvalue weighted by molar-refractivity contribution is -0.133. The molecule has 0 aliphatic carbocycles. The van der Waals surface area contributed by atoms with Crippen molar-refractivity contribution >= 4 is 11.7 Å². The van der Waals surface area contributed by atoms with E-state index < -0.39 is 5.69 Å². The third kappa shape index (κ3) is 3.48. The maximum Gasteiger partial charge on any atom is 0.332 e. The van der Waals surface area contributed by atoms with Crippen molar-refractivity contribution in [3.8, 4) is 0 Å². The summed E-state index contributed by atoms with van der Waals surface area (Å²) in [7, 11) is 4.91. The van der Waals surface area contributed by atoms with Crippen molar-refractivity contribution in [2.24, 2.45) is 27.1 Å². The molecule has 1 fully saturated rings. The van der Waals surface area contributed by atoms with Gasteiger partial charge >= 0.3 is 5.69 Å². The standard InChI is InChI=1S/C19H28N6O3/c1-19(2,3)25-16(27)7-12(17(25)13-10-21-22(4)11-13)9-20-14-8-15(26)24(6)18(28)23(14)5/h8,10-12,17,20H,7,9H2,1-6H3/t12-,17+/m1/s1. The lowest BCUT2D eigenvalue weighted by Crippen LogP contribution is -2.44. The average Bonchev–Trinajstić information content (AvgIpc) is 3.17. The second-order valence-corrected chi connectivity index (χ2v) is 8.44. The zero-order valence-corrected chi connectivity index (χ0v) is 17.3. The summed E-state index contributed by atoms with van der Waals surface area (Å²) < 4.78 is 4.19. The number of nitrogens with one attached hydrogen (secondary N) is 1. The molecule has 1 aliphatic rings. The summed E-state index contributed by atoms with van der Waals surface area (Å²) >= 11 is 0. The van der Waals surface area contributed by atoms with Gasteiger partial charge in [0.25, 0.3) is 5.56 Å². The van der Waals surface area contributed by atoms with Crippen LogP contribution in [0.4, 0.5) is 5.82 Å². The molecule has 0 saturated carbocycles. The first kappa shape index (κ1) is 19.9. The van der Waals surface area contributed by atoms with E-state index >= 15 is 0 Å². The van der Waals surface area contributed by atoms with E-state index in [2.05, 4.69) is 10.4 Å². The highest BCUT2D eigenvalue weighted by Gasteiger charge is 2.45. The van der Waals surface area contributed by atoms with Crippen LogP contribution in [0, 0.1) is 5.92 Å². The molecule has 9 heteroatoms. The van der Waals surface area contributed by atoms with Crippen molar-refractivity contribution in [2.75, 3.05) is 11.9 Å². The first-order valence-electron chi connectivity index (χ1n) is 9.32. The molecule has 28 heavy (non-hydrogen) atoms. The predicted molar refractivity (Wildman–Crippen MR) is 106 cm³/mol. The first-order valence-corrected chi connectivity index (χ1v) is 9.32. The number of aromatic nitrogens is 4. The number of carbonyl (C=O) groups excluding carboxylic acids is 1. The molecule has 1 aliphatic heterocycles. The van der Waals surface area contributed by atoms with Crippen LogP contribution in [0.5, 0.6) is 0 Å². The zero-order valence-electron chi connectivity index (χ0n) is 17.3. The second-order valence-electron chi connectivity index (χ2n) is 8.44. The van der Waals surface area contributed by atoms with Gasteiger partial charge in [-0.25, -0.2) is 4.79 Å².